The SMILES string of the molecule is CC(=O)O.O=C(O)Cn1ccnn1. The zero-order valence-corrected chi connectivity index (χ0v) is 6.91. The number of nitrogens with zero attached hydrogens (tertiary/aromatic N) is 3. The van der Waals surface area contributed by atoms with Crippen LogP contribution in [0.5, 0.6) is 0 Å². The normalized spacial score (nSPS) is 8.38. The monoisotopic (exact) mass is 187 g/mol. The number of aliphatic carboxylic acids is 2. The summed E-state index contributed by atoms with van der Waals surface area (Å²) in [5.74, 6) is -1.75. The van der Waals surface area contributed by atoms with E-state index in [1.807, 2.05) is 0 Å². The molecule has 72 valence electrons. The molecular formula is C6H9N3O4. The molecule has 0 amide bonds. The van der Waals surface area contributed by atoms with E-state index in [0.717, 1.165) is 6.92 Å². The Kier molecular flexibility index (Phi) is 4.85. The van der Waals surface area contributed by atoms with Gasteiger partial charge in [0.25, 0.3) is 5.97 Å². The van der Waals surface area contributed by atoms with Crippen LogP contribution in [0.3, 0.4) is 0 Å². The van der Waals surface area contributed by atoms with Crippen molar-refractivity contribution in [2.45, 2.75) is 13.5 Å². The van der Waals surface area contributed by atoms with Crippen LogP contribution in [0.1, 0.15) is 6.92 Å². The van der Waals surface area contributed by atoms with Gasteiger partial charge in [-0.05, 0) is 0 Å². The van der Waals surface area contributed by atoms with Crippen molar-refractivity contribution in [3.8, 4) is 0 Å². The van der Waals surface area contributed by atoms with Crippen LogP contribution in [0.2, 0.25) is 0 Å². The molecule has 0 aliphatic carbocycles. The maximum Gasteiger partial charge on any atom is 0.325 e. The number of carbonyl (C=O) groups is 2. The molecule has 0 aliphatic rings. The molecule has 1 aromatic rings. The molecule has 7 nitrogen and oxygen atoms in total. The van der Waals surface area contributed by atoms with Crippen LogP contribution in [-0.2, 0) is 16.1 Å². The highest BCUT2D eigenvalue weighted by atomic mass is 16.4. The molecule has 0 aromatic carbocycles. The number of hydrogen-bond donors (Lipinski definition) is 2. The minimum absolute atomic E-state index is 0.125. The highest BCUT2D eigenvalue weighted by Gasteiger charge is 1.96. The quantitative estimate of drug-likeness (QED) is 0.643. The Morgan fingerprint density at radius 2 is 2.00 bits per heavy atom. The van der Waals surface area contributed by atoms with E-state index in [1.165, 1.54) is 17.1 Å². The van der Waals surface area contributed by atoms with Crippen molar-refractivity contribution >= 4 is 11.9 Å². The fourth-order valence-corrected chi connectivity index (χ4v) is 0.456. The molecule has 0 unspecified atom stereocenters. The first-order valence-electron chi connectivity index (χ1n) is 3.27. The van der Waals surface area contributed by atoms with E-state index in [4.69, 9.17) is 15.0 Å². The van der Waals surface area contributed by atoms with Crippen LogP contribution >= 0.6 is 0 Å². The molecular weight excluding hydrogens is 178 g/mol. The van der Waals surface area contributed by atoms with E-state index in [1.54, 1.807) is 0 Å². The van der Waals surface area contributed by atoms with Gasteiger partial charge in [0.2, 0.25) is 0 Å². The summed E-state index contributed by atoms with van der Waals surface area (Å²) in [6.07, 6.45) is 2.93. The molecule has 0 bridgehead atoms. The number of aromatic nitrogens is 3. The molecule has 2 N–H and O–H groups in total. The molecule has 0 saturated heterocycles. The average molecular weight is 187 g/mol. The third kappa shape index (κ3) is 7.98. The van der Waals surface area contributed by atoms with Crippen LogP contribution in [0.4, 0.5) is 0 Å². The first-order chi connectivity index (χ1) is 6.02. The van der Waals surface area contributed by atoms with Gasteiger partial charge >= 0.3 is 5.97 Å². The molecule has 1 rings (SSSR count). The first-order valence-corrected chi connectivity index (χ1v) is 3.27. The second-order valence-electron chi connectivity index (χ2n) is 2.01. The Morgan fingerprint density at radius 1 is 1.46 bits per heavy atom. The summed E-state index contributed by atoms with van der Waals surface area (Å²) in [5, 5.41) is 22.5. The molecule has 7 heteroatoms. The lowest BCUT2D eigenvalue weighted by molar-refractivity contribution is -0.138. The summed E-state index contributed by atoms with van der Waals surface area (Å²) in [4.78, 5) is 19.0. The van der Waals surface area contributed by atoms with Gasteiger partial charge in [0.1, 0.15) is 6.54 Å². The van der Waals surface area contributed by atoms with E-state index in [0.29, 0.717) is 0 Å². The van der Waals surface area contributed by atoms with Crippen LogP contribution in [0.25, 0.3) is 0 Å². The smallest absolute Gasteiger partial charge is 0.325 e. The maximum absolute atomic E-state index is 9.98. The number of rotatable bonds is 2. The fourth-order valence-electron chi connectivity index (χ4n) is 0.456. The third-order valence-electron chi connectivity index (χ3n) is 0.769. The summed E-state index contributed by atoms with van der Waals surface area (Å²) >= 11 is 0. The molecule has 0 aliphatic heterocycles. The minimum Gasteiger partial charge on any atom is -0.481 e. The number of carboxylic acid groups (broad SMARTS) is 2. The zero-order valence-electron chi connectivity index (χ0n) is 6.91. The molecule has 0 radical (unpaired) electrons. The van der Waals surface area contributed by atoms with Crippen molar-refractivity contribution in [2.75, 3.05) is 0 Å². The Hall–Kier alpha value is -1.92. The lowest BCUT2D eigenvalue weighted by Gasteiger charge is -1.89. The van der Waals surface area contributed by atoms with Crippen LogP contribution in [0.15, 0.2) is 12.4 Å². The second kappa shape index (κ2) is 5.70. The summed E-state index contributed by atoms with van der Waals surface area (Å²) in [6.45, 7) is 0.958. The van der Waals surface area contributed by atoms with Gasteiger partial charge in [-0.3, -0.25) is 9.59 Å². The fraction of sp³-hybridized carbons (Fsp3) is 0.333. The van der Waals surface area contributed by atoms with Gasteiger partial charge in [0.15, 0.2) is 0 Å². The lowest BCUT2D eigenvalue weighted by Crippen LogP contribution is -2.08. The summed E-state index contributed by atoms with van der Waals surface area (Å²) in [7, 11) is 0. The molecule has 0 saturated carbocycles. The summed E-state index contributed by atoms with van der Waals surface area (Å²) in [6, 6.07) is 0. The van der Waals surface area contributed by atoms with E-state index < -0.39 is 11.9 Å². The molecule has 1 heterocycles. The Bertz CT molecular complexity index is 265. The summed E-state index contributed by atoms with van der Waals surface area (Å²) < 4.78 is 1.24. The van der Waals surface area contributed by atoms with Crippen molar-refractivity contribution < 1.29 is 19.8 Å². The highest BCUT2D eigenvalue weighted by molar-refractivity contribution is 5.66. The standard InChI is InChI=1S/C4H5N3O2.C2H4O2/c8-4(9)3-7-2-1-5-6-7;1-2(3)4/h1-2H,3H2,(H,8,9);1H3,(H,3,4). The Labute approximate surface area is 73.6 Å². The maximum atomic E-state index is 9.98. The lowest BCUT2D eigenvalue weighted by atomic mass is 10.7. The van der Waals surface area contributed by atoms with Crippen molar-refractivity contribution in [3.05, 3.63) is 12.4 Å². The molecule has 0 fully saturated rings. The van der Waals surface area contributed by atoms with Gasteiger partial charge in [-0.15, -0.1) is 5.10 Å². The first kappa shape index (κ1) is 11.1. The van der Waals surface area contributed by atoms with Crippen LogP contribution < -0.4 is 0 Å². The molecule has 13 heavy (non-hydrogen) atoms. The molecule has 0 atom stereocenters. The third-order valence-corrected chi connectivity index (χ3v) is 0.769. The number of carboxylic acids is 2. The van der Waals surface area contributed by atoms with Crippen molar-refractivity contribution in [1.29, 1.82) is 0 Å². The van der Waals surface area contributed by atoms with Crippen molar-refractivity contribution in [1.82, 2.24) is 15.0 Å². The summed E-state index contributed by atoms with van der Waals surface area (Å²) in [5.41, 5.74) is 0. The van der Waals surface area contributed by atoms with Crippen LogP contribution in [-0.4, -0.2) is 37.1 Å². The van der Waals surface area contributed by atoms with Gasteiger partial charge < -0.3 is 10.2 Å². The Balaban J connectivity index is 0.000000310. The largest absolute Gasteiger partial charge is 0.481 e. The van der Waals surface area contributed by atoms with Gasteiger partial charge in [-0.25, -0.2) is 4.68 Å². The van der Waals surface area contributed by atoms with Gasteiger partial charge in [0.05, 0.1) is 6.20 Å². The van der Waals surface area contributed by atoms with E-state index in [2.05, 4.69) is 10.3 Å². The van der Waals surface area contributed by atoms with Crippen molar-refractivity contribution in [2.24, 2.45) is 0 Å². The molecule has 1 aromatic heterocycles. The predicted octanol–water partition coefficient (Wildman–Crippen LogP) is -0.546. The zero-order chi connectivity index (χ0) is 10.3. The Morgan fingerprint density at radius 3 is 2.31 bits per heavy atom. The van der Waals surface area contributed by atoms with E-state index in [9.17, 15) is 4.79 Å². The van der Waals surface area contributed by atoms with Gasteiger partial charge in [-0.1, -0.05) is 5.21 Å². The van der Waals surface area contributed by atoms with E-state index in [-0.39, 0.29) is 6.54 Å². The topological polar surface area (TPSA) is 105 Å². The van der Waals surface area contributed by atoms with Crippen molar-refractivity contribution in [3.63, 3.8) is 0 Å². The average Bonchev–Trinajstić information content (AvgIpc) is 2.36. The van der Waals surface area contributed by atoms with E-state index >= 15 is 0 Å². The highest BCUT2D eigenvalue weighted by Crippen LogP contribution is 1.78. The second-order valence-corrected chi connectivity index (χ2v) is 2.01. The van der Waals surface area contributed by atoms with Gasteiger partial charge in [0, 0.05) is 13.1 Å². The predicted molar refractivity (Wildman–Crippen MR) is 41.0 cm³/mol. The minimum atomic E-state index is -0.916. The van der Waals surface area contributed by atoms with Crippen LogP contribution in [0, 0.1) is 0 Å². The number of hydrogen-bond acceptors (Lipinski definition) is 4. The van der Waals surface area contributed by atoms with Gasteiger partial charge in [-0.2, -0.15) is 0 Å². The molecule has 0 spiro atoms.